The summed E-state index contributed by atoms with van der Waals surface area (Å²) in [4.78, 5) is 18.1. The van der Waals surface area contributed by atoms with Gasteiger partial charge in [0.1, 0.15) is 0 Å². The number of hydrogen-bond donors (Lipinski definition) is 1. The first-order valence-electron chi connectivity index (χ1n) is 3.96. The maximum absolute atomic E-state index is 11.3. The molecule has 0 bridgehead atoms. The van der Waals surface area contributed by atoms with Crippen LogP contribution < -0.4 is 5.69 Å². The van der Waals surface area contributed by atoms with Gasteiger partial charge in [0.25, 0.3) is 0 Å². The summed E-state index contributed by atoms with van der Waals surface area (Å²) in [6, 6.07) is 1.88. The van der Waals surface area contributed by atoms with Crippen LogP contribution in [0, 0.1) is 0 Å². The van der Waals surface area contributed by atoms with E-state index < -0.39 is 0 Å². The first-order chi connectivity index (χ1) is 6.22. The van der Waals surface area contributed by atoms with Crippen LogP contribution in [0.2, 0.25) is 0 Å². The van der Waals surface area contributed by atoms with Crippen LogP contribution in [0.3, 0.4) is 0 Å². The predicted octanol–water partition coefficient (Wildman–Crippen LogP) is 1.51. The van der Waals surface area contributed by atoms with E-state index in [0.29, 0.717) is 12.2 Å². The van der Waals surface area contributed by atoms with Crippen LogP contribution in [0.1, 0.15) is 6.92 Å². The van der Waals surface area contributed by atoms with Gasteiger partial charge in [-0.05, 0) is 28.9 Å². The number of nitrogens with zero attached hydrogens (tertiary/aromatic N) is 2. The standard InChI is InChI=1S/C8H8BrN3O/c1-2-12-6-3-5(9)4-10-7(6)11-8(12)13/h3-4H,2H2,1H3,(H,10,11,13). The Morgan fingerprint density at radius 1 is 1.69 bits per heavy atom. The zero-order valence-corrected chi connectivity index (χ0v) is 8.63. The number of halogens is 1. The second kappa shape index (κ2) is 2.99. The molecule has 1 N–H and O–H groups in total. The van der Waals surface area contributed by atoms with Crippen molar-refractivity contribution in [2.24, 2.45) is 0 Å². The Bertz CT molecular complexity index is 500. The zero-order valence-electron chi connectivity index (χ0n) is 7.04. The Labute approximate surface area is 82.7 Å². The van der Waals surface area contributed by atoms with E-state index in [1.807, 2.05) is 13.0 Å². The molecule has 4 nitrogen and oxygen atoms in total. The Morgan fingerprint density at radius 2 is 2.46 bits per heavy atom. The van der Waals surface area contributed by atoms with E-state index in [2.05, 4.69) is 25.9 Å². The van der Waals surface area contributed by atoms with E-state index in [-0.39, 0.29) is 5.69 Å². The minimum Gasteiger partial charge on any atom is -0.291 e. The summed E-state index contributed by atoms with van der Waals surface area (Å²) in [7, 11) is 0. The van der Waals surface area contributed by atoms with Gasteiger partial charge in [0.15, 0.2) is 5.65 Å². The van der Waals surface area contributed by atoms with Crippen LogP contribution in [0.5, 0.6) is 0 Å². The Balaban J connectivity index is 2.89. The van der Waals surface area contributed by atoms with Gasteiger partial charge < -0.3 is 0 Å². The SMILES string of the molecule is CCn1c(=O)[nH]c2ncc(Br)cc21. The molecular formula is C8H8BrN3O. The third-order valence-electron chi connectivity index (χ3n) is 1.91. The molecule has 0 aromatic carbocycles. The monoisotopic (exact) mass is 241 g/mol. The van der Waals surface area contributed by atoms with Gasteiger partial charge in [-0.3, -0.25) is 9.55 Å². The molecule has 0 aliphatic carbocycles. The van der Waals surface area contributed by atoms with E-state index >= 15 is 0 Å². The quantitative estimate of drug-likeness (QED) is 0.823. The lowest BCUT2D eigenvalue weighted by Crippen LogP contribution is -2.14. The Kier molecular flexibility index (Phi) is 1.95. The van der Waals surface area contributed by atoms with Crippen LogP contribution in [-0.4, -0.2) is 14.5 Å². The molecule has 0 amide bonds. The van der Waals surface area contributed by atoms with E-state index in [4.69, 9.17) is 0 Å². The van der Waals surface area contributed by atoms with E-state index in [9.17, 15) is 4.79 Å². The van der Waals surface area contributed by atoms with Gasteiger partial charge in [0.05, 0.1) is 5.52 Å². The summed E-state index contributed by atoms with van der Waals surface area (Å²) in [5.41, 5.74) is 1.36. The highest BCUT2D eigenvalue weighted by Gasteiger charge is 2.05. The highest BCUT2D eigenvalue weighted by atomic mass is 79.9. The van der Waals surface area contributed by atoms with Crippen molar-refractivity contribution in [1.29, 1.82) is 0 Å². The smallest absolute Gasteiger partial charge is 0.291 e. The number of fused-ring (bicyclic) bond motifs is 1. The fourth-order valence-electron chi connectivity index (χ4n) is 1.32. The number of pyridine rings is 1. The van der Waals surface area contributed by atoms with E-state index in [1.54, 1.807) is 10.8 Å². The molecule has 0 saturated carbocycles. The first-order valence-corrected chi connectivity index (χ1v) is 4.75. The molecule has 0 unspecified atom stereocenters. The van der Waals surface area contributed by atoms with Crippen molar-refractivity contribution in [2.75, 3.05) is 0 Å². The third-order valence-corrected chi connectivity index (χ3v) is 2.35. The van der Waals surface area contributed by atoms with Crippen molar-refractivity contribution in [1.82, 2.24) is 14.5 Å². The van der Waals surface area contributed by atoms with Gasteiger partial charge in [-0.1, -0.05) is 0 Å². The molecule has 2 aromatic heterocycles. The van der Waals surface area contributed by atoms with Crippen molar-refractivity contribution in [3.8, 4) is 0 Å². The maximum atomic E-state index is 11.3. The molecule has 0 atom stereocenters. The molecule has 0 saturated heterocycles. The van der Waals surface area contributed by atoms with Gasteiger partial charge in [-0.25, -0.2) is 9.78 Å². The average molecular weight is 242 g/mol. The number of aromatic amines is 1. The molecule has 0 radical (unpaired) electrons. The second-order valence-corrected chi connectivity index (χ2v) is 3.61. The highest BCUT2D eigenvalue weighted by Crippen LogP contribution is 2.14. The van der Waals surface area contributed by atoms with E-state index in [0.717, 1.165) is 9.99 Å². The number of imidazole rings is 1. The van der Waals surface area contributed by atoms with Crippen molar-refractivity contribution in [2.45, 2.75) is 13.5 Å². The molecule has 0 spiro atoms. The summed E-state index contributed by atoms with van der Waals surface area (Å²) in [5.74, 6) is 0. The number of aromatic nitrogens is 3. The minimum absolute atomic E-state index is 0.108. The van der Waals surface area contributed by atoms with Crippen molar-refractivity contribution in [3.63, 3.8) is 0 Å². The van der Waals surface area contributed by atoms with Crippen LogP contribution in [0.25, 0.3) is 11.2 Å². The van der Waals surface area contributed by atoms with Gasteiger partial charge in [0, 0.05) is 17.2 Å². The van der Waals surface area contributed by atoms with Crippen LogP contribution >= 0.6 is 15.9 Å². The van der Waals surface area contributed by atoms with Crippen molar-refractivity contribution in [3.05, 3.63) is 27.2 Å². The van der Waals surface area contributed by atoms with Gasteiger partial charge in [0.2, 0.25) is 0 Å². The highest BCUT2D eigenvalue weighted by molar-refractivity contribution is 9.10. The lowest BCUT2D eigenvalue weighted by Gasteiger charge is -1.96. The zero-order chi connectivity index (χ0) is 9.42. The minimum atomic E-state index is -0.108. The lowest BCUT2D eigenvalue weighted by atomic mass is 10.4. The van der Waals surface area contributed by atoms with Gasteiger partial charge in [-0.15, -0.1) is 0 Å². The number of nitrogens with one attached hydrogen (secondary N) is 1. The molecule has 0 aliphatic heterocycles. The fraction of sp³-hybridized carbons (Fsp3) is 0.250. The predicted molar refractivity (Wildman–Crippen MR) is 53.7 cm³/mol. The molecule has 13 heavy (non-hydrogen) atoms. The number of rotatable bonds is 1. The Hall–Kier alpha value is -1.10. The molecule has 2 heterocycles. The fourth-order valence-corrected chi connectivity index (χ4v) is 1.64. The molecule has 68 valence electrons. The molecular weight excluding hydrogens is 234 g/mol. The van der Waals surface area contributed by atoms with E-state index in [1.165, 1.54) is 0 Å². The van der Waals surface area contributed by atoms with Crippen LogP contribution in [-0.2, 0) is 6.54 Å². The molecule has 0 fully saturated rings. The Morgan fingerprint density at radius 3 is 3.15 bits per heavy atom. The first kappa shape index (κ1) is 8.50. The lowest BCUT2D eigenvalue weighted by molar-refractivity contribution is 0.753. The average Bonchev–Trinajstić information content (AvgIpc) is 2.40. The summed E-state index contributed by atoms with van der Waals surface area (Å²) >= 11 is 3.31. The molecule has 5 heteroatoms. The van der Waals surface area contributed by atoms with Crippen molar-refractivity contribution >= 4 is 27.1 Å². The van der Waals surface area contributed by atoms with Gasteiger partial charge >= 0.3 is 5.69 Å². The van der Waals surface area contributed by atoms with Crippen molar-refractivity contribution < 1.29 is 0 Å². The summed E-state index contributed by atoms with van der Waals surface area (Å²) in [5, 5.41) is 0. The summed E-state index contributed by atoms with van der Waals surface area (Å²) in [6.07, 6.45) is 1.66. The largest absolute Gasteiger partial charge is 0.327 e. The second-order valence-electron chi connectivity index (χ2n) is 2.70. The molecule has 0 aliphatic rings. The maximum Gasteiger partial charge on any atom is 0.327 e. The number of H-pyrrole nitrogens is 1. The topological polar surface area (TPSA) is 50.7 Å². The third kappa shape index (κ3) is 1.29. The number of hydrogen-bond acceptors (Lipinski definition) is 2. The number of aryl methyl sites for hydroxylation is 1. The van der Waals surface area contributed by atoms with Crippen LogP contribution in [0.4, 0.5) is 0 Å². The van der Waals surface area contributed by atoms with Crippen LogP contribution in [0.15, 0.2) is 21.5 Å². The van der Waals surface area contributed by atoms with Gasteiger partial charge in [-0.2, -0.15) is 0 Å². The molecule has 2 rings (SSSR count). The molecule has 2 aromatic rings. The summed E-state index contributed by atoms with van der Waals surface area (Å²) in [6.45, 7) is 2.58. The summed E-state index contributed by atoms with van der Waals surface area (Å²) < 4.78 is 2.52. The normalized spacial score (nSPS) is 10.9.